The van der Waals surface area contributed by atoms with Crippen molar-refractivity contribution in [1.29, 1.82) is 0 Å². The third-order valence-corrected chi connectivity index (χ3v) is 2.16. The zero-order valence-electron chi connectivity index (χ0n) is 8.06. The first-order chi connectivity index (χ1) is 7.31. The maximum Gasteiger partial charge on any atom is 0.116 e. The molecule has 2 aromatic rings. The van der Waals surface area contributed by atoms with Gasteiger partial charge in [0.15, 0.2) is 0 Å². The Morgan fingerprint density at radius 3 is 2.73 bits per heavy atom. The maximum atomic E-state index is 9.30. The molecule has 0 bridgehead atoms. The number of aromatic amines is 1. The quantitative estimate of drug-likeness (QED) is 0.695. The molecule has 2 rings (SSSR count). The first-order valence-corrected chi connectivity index (χ1v) is 4.47. The number of rotatable bonds is 2. The highest BCUT2D eigenvalue weighted by Crippen LogP contribution is 2.22. The van der Waals surface area contributed by atoms with Crippen molar-refractivity contribution >= 4 is 10.9 Å². The van der Waals surface area contributed by atoms with Gasteiger partial charge in [-0.3, -0.25) is 0 Å². The molecule has 1 heterocycles. The van der Waals surface area contributed by atoms with Crippen LogP contribution in [0.1, 0.15) is 5.56 Å². The van der Waals surface area contributed by atoms with Crippen molar-refractivity contribution in [3.8, 4) is 5.75 Å². The van der Waals surface area contributed by atoms with Gasteiger partial charge in [0, 0.05) is 27.0 Å². The minimum atomic E-state index is 0.297. The number of nitrogens with two attached hydrogens (primary N) is 1. The molecule has 0 saturated heterocycles. The van der Waals surface area contributed by atoms with Crippen LogP contribution in [0.4, 0.5) is 0 Å². The van der Waals surface area contributed by atoms with Crippen LogP contribution in [0.25, 0.3) is 10.9 Å². The van der Waals surface area contributed by atoms with E-state index in [9.17, 15) is 5.11 Å². The van der Waals surface area contributed by atoms with Crippen LogP contribution in [-0.4, -0.2) is 16.6 Å². The lowest BCUT2D eigenvalue weighted by atomic mass is 10.1. The molecule has 0 amide bonds. The van der Waals surface area contributed by atoms with Crippen molar-refractivity contribution < 1.29 is 5.11 Å². The smallest absolute Gasteiger partial charge is 0.116 e. The summed E-state index contributed by atoms with van der Waals surface area (Å²) in [5.41, 5.74) is 7.68. The Bertz CT molecular complexity index is 439. The fraction of sp³-hybridized carbons (Fsp3) is 0.200. The highest BCUT2D eigenvalue weighted by Gasteiger charge is 2.02. The molecular weight excluding hydrogens is 196 g/mol. The van der Waals surface area contributed by atoms with Crippen molar-refractivity contribution in [3.63, 3.8) is 0 Å². The maximum absolute atomic E-state index is 9.30. The fourth-order valence-electron chi connectivity index (χ4n) is 1.53. The van der Waals surface area contributed by atoms with Crippen LogP contribution in [-0.2, 0) is 6.42 Å². The molecule has 0 saturated carbocycles. The number of hydrogen-bond donors (Lipinski definition) is 3. The van der Waals surface area contributed by atoms with Gasteiger partial charge in [-0.1, -0.05) is 0 Å². The number of hydrogen-bond acceptors (Lipinski definition) is 4. The van der Waals surface area contributed by atoms with Gasteiger partial charge in [-0.15, -0.1) is 0 Å². The monoisotopic (exact) mass is 208 g/mol. The molecular formula is C10H12N2O3. The van der Waals surface area contributed by atoms with Crippen LogP contribution in [0, 0.1) is 9.93 Å². The highest BCUT2D eigenvalue weighted by atomic mass is 16.7. The molecule has 0 atom stereocenters. The minimum Gasteiger partial charge on any atom is -0.508 e. The van der Waals surface area contributed by atoms with Crippen LogP contribution in [0.3, 0.4) is 0 Å². The van der Waals surface area contributed by atoms with Crippen LogP contribution in [0.2, 0.25) is 0 Å². The van der Waals surface area contributed by atoms with Crippen LogP contribution < -0.4 is 5.73 Å². The Morgan fingerprint density at radius 2 is 2.07 bits per heavy atom. The molecule has 0 fully saturated rings. The summed E-state index contributed by atoms with van der Waals surface area (Å²) in [6.07, 6.45) is 2.78. The van der Waals surface area contributed by atoms with E-state index < -0.39 is 0 Å². The van der Waals surface area contributed by atoms with Gasteiger partial charge in [-0.25, -0.2) is 0 Å². The first-order valence-electron chi connectivity index (χ1n) is 4.47. The van der Waals surface area contributed by atoms with E-state index in [1.807, 2.05) is 12.3 Å². The van der Waals surface area contributed by atoms with Crippen LogP contribution in [0.15, 0.2) is 24.4 Å². The summed E-state index contributed by atoms with van der Waals surface area (Å²) in [6.45, 7) is 0.628. The van der Waals surface area contributed by atoms with E-state index in [1.54, 1.807) is 12.1 Å². The number of aromatic hydroxyl groups is 1. The van der Waals surface area contributed by atoms with E-state index in [4.69, 9.17) is 15.7 Å². The molecule has 15 heavy (non-hydrogen) atoms. The van der Waals surface area contributed by atoms with Gasteiger partial charge in [-0.05, 0) is 36.7 Å². The van der Waals surface area contributed by atoms with E-state index in [-0.39, 0.29) is 0 Å². The predicted molar refractivity (Wildman–Crippen MR) is 59.5 cm³/mol. The summed E-state index contributed by atoms with van der Waals surface area (Å²) in [6, 6.07) is 5.30. The van der Waals surface area contributed by atoms with E-state index in [0.717, 1.165) is 22.9 Å². The largest absolute Gasteiger partial charge is 0.508 e. The number of fused-ring (bicyclic) bond motifs is 1. The average Bonchev–Trinajstić information content (AvgIpc) is 2.65. The molecule has 5 heteroatoms. The third-order valence-electron chi connectivity index (χ3n) is 2.16. The molecule has 5 nitrogen and oxygen atoms in total. The van der Waals surface area contributed by atoms with Crippen molar-refractivity contribution in [1.82, 2.24) is 4.98 Å². The zero-order valence-corrected chi connectivity index (χ0v) is 8.06. The molecule has 80 valence electrons. The van der Waals surface area contributed by atoms with Crippen molar-refractivity contribution in [3.05, 3.63) is 39.9 Å². The second kappa shape index (κ2) is 5.11. The molecule has 1 aromatic heterocycles. The molecule has 4 N–H and O–H groups in total. The third kappa shape index (κ3) is 2.32. The lowest BCUT2D eigenvalue weighted by molar-refractivity contribution is 0.476. The topological polar surface area (TPSA) is 96.2 Å². The summed E-state index contributed by atoms with van der Waals surface area (Å²) >= 11 is 0. The molecule has 0 radical (unpaired) electrons. The minimum absolute atomic E-state index is 0.297. The van der Waals surface area contributed by atoms with E-state index >= 15 is 0 Å². The van der Waals surface area contributed by atoms with Gasteiger partial charge < -0.3 is 15.8 Å². The fourth-order valence-corrected chi connectivity index (χ4v) is 1.53. The number of benzene rings is 1. The van der Waals surface area contributed by atoms with Crippen molar-refractivity contribution in [2.45, 2.75) is 6.42 Å². The molecule has 0 aliphatic heterocycles. The summed E-state index contributed by atoms with van der Waals surface area (Å²) in [5.74, 6) is 0.297. The molecule has 0 unspecified atom stereocenters. The summed E-state index contributed by atoms with van der Waals surface area (Å²) in [7, 11) is 0. The van der Waals surface area contributed by atoms with E-state index in [0.29, 0.717) is 12.3 Å². The molecule has 0 aliphatic carbocycles. The van der Waals surface area contributed by atoms with Gasteiger partial charge in [0.05, 0.1) is 0 Å². The van der Waals surface area contributed by atoms with E-state index in [2.05, 4.69) is 4.98 Å². The van der Waals surface area contributed by atoms with Gasteiger partial charge in [0.1, 0.15) is 5.75 Å². The predicted octanol–water partition coefficient (Wildman–Crippen LogP) is 1.44. The SMILES string of the molecule is NCCc1c[nH]c2ccc(O)cc12.O=O. The summed E-state index contributed by atoms with van der Waals surface area (Å²) in [5, 5.41) is 10.4. The Labute approximate surface area is 86.1 Å². The van der Waals surface area contributed by atoms with Gasteiger partial charge in [-0.2, -0.15) is 0 Å². The Morgan fingerprint density at radius 1 is 1.33 bits per heavy atom. The van der Waals surface area contributed by atoms with Gasteiger partial charge in [0.2, 0.25) is 0 Å². The number of phenols is 1. The average molecular weight is 208 g/mol. The van der Waals surface area contributed by atoms with Crippen molar-refractivity contribution in [2.75, 3.05) is 6.54 Å². The number of nitrogens with one attached hydrogen (secondary N) is 1. The Hall–Kier alpha value is -1.88. The van der Waals surface area contributed by atoms with E-state index in [1.165, 1.54) is 0 Å². The van der Waals surface area contributed by atoms with Crippen LogP contribution in [0.5, 0.6) is 5.75 Å². The van der Waals surface area contributed by atoms with Crippen molar-refractivity contribution in [2.24, 2.45) is 5.73 Å². The molecule has 0 spiro atoms. The van der Waals surface area contributed by atoms with Gasteiger partial charge >= 0.3 is 0 Å². The normalized spacial score (nSPS) is 9.67. The lowest BCUT2D eigenvalue weighted by Crippen LogP contribution is -2.01. The highest BCUT2D eigenvalue weighted by molar-refractivity contribution is 5.84. The summed E-state index contributed by atoms with van der Waals surface area (Å²) in [4.78, 5) is 17.1. The van der Waals surface area contributed by atoms with Gasteiger partial charge in [0.25, 0.3) is 0 Å². The molecule has 0 aliphatic rings. The Kier molecular flexibility index (Phi) is 3.82. The zero-order chi connectivity index (χ0) is 11.3. The standard InChI is InChI=1S/C10H12N2O.O2/c11-4-3-7-6-12-10-2-1-8(13)5-9(7)10;1-2/h1-2,5-6,12-13H,3-4,11H2;. The molecule has 1 aromatic carbocycles. The number of phenolic OH excluding ortho intramolecular Hbond substituents is 1. The van der Waals surface area contributed by atoms with Crippen LogP contribution >= 0.6 is 0 Å². The first kappa shape index (κ1) is 11.2. The number of aromatic nitrogens is 1. The number of H-pyrrole nitrogens is 1. The Balaban J connectivity index is 0.000000531. The second-order valence-corrected chi connectivity index (χ2v) is 3.08. The second-order valence-electron chi connectivity index (χ2n) is 3.08. The lowest BCUT2D eigenvalue weighted by Gasteiger charge is -1.96. The summed E-state index contributed by atoms with van der Waals surface area (Å²) < 4.78 is 0.